The Kier molecular flexibility index (Phi) is 4.04. The van der Waals surface area contributed by atoms with Gasteiger partial charge in [-0.3, -0.25) is 4.68 Å². The number of hydrogen-bond acceptors (Lipinski definition) is 2. The van der Waals surface area contributed by atoms with Gasteiger partial charge in [0.2, 0.25) is 0 Å². The first-order chi connectivity index (χ1) is 8.20. The molecule has 1 heterocycles. The molecule has 4 heteroatoms. The van der Waals surface area contributed by atoms with Crippen LogP contribution in [0.2, 0.25) is 0 Å². The number of rotatable bonds is 4. The van der Waals surface area contributed by atoms with Gasteiger partial charge < -0.3 is 4.74 Å². The van der Waals surface area contributed by atoms with Crippen LogP contribution in [-0.2, 0) is 13.2 Å². The molecule has 0 saturated carbocycles. The Hall–Kier alpha value is -1.04. The van der Waals surface area contributed by atoms with Gasteiger partial charge in [0.05, 0.1) is 15.0 Å². The molecule has 17 heavy (non-hydrogen) atoms. The van der Waals surface area contributed by atoms with Crippen LogP contribution in [0.25, 0.3) is 0 Å². The van der Waals surface area contributed by atoms with Crippen LogP contribution < -0.4 is 4.74 Å². The minimum atomic E-state index is 0.564. The van der Waals surface area contributed by atoms with E-state index in [9.17, 15) is 0 Å². The predicted octanol–water partition coefficient (Wildman–Crippen LogP) is 3.40. The monoisotopic (exact) mass is 342 g/mol. The summed E-state index contributed by atoms with van der Waals surface area (Å²) in [4.78, 5) is 0. The summed E-state index contributed by atoms with van der Waals surface area (Å²) in [7, 11) is 0. The molecule has 0 radical (unpaired) electrons. The fourth-order valence-electron chi connectivity index (χ4n) is 1.70. The second-order valence-corrected chi connectivity index (χ2v) is 4.97. The van der Waals surface area contributed by atoms with Crippen molar-refractivity contribution >= 4 is 22.6 Å². The first-order valence-electron chi connectivity index (χ1n) is 5.61. The fourth-order valence-corrected chi connectivity index (χ4v) is 2.25. The highest BCUT2D eigenvalue weighted by Crippen LogP contribution is 2.21. The standard InChI is InChI=1S/C13H15IN2O/c1-3-16-11(8-10(2)15-16)9-17-13-7-5-4-6-12(13)14/h4-8H,3,9H2,1-2H3. The third-order valence-electron chi connectivity index (χ3n) is 2.50. The Morgan fingerprint density at radius 1 is 1.35 bits per heavy atom. The van der Waals surface area contributed by atoms with E-state index in [1.807, 2.05) is 35.9 Å². The molecule has 0 spiro atoms. The second-order valence-electron chi connectivity index (χ2n) is 3.81. The highest BCUT2D eigenvalue weighted by molar-refractivity contribution is 14.1. The number of hydrogen-bond donors (Lipinski definition) is 0. The predicted molar refractivity (Wildman–Crippen MR) is 76.1 cm³/mol. The van der Waals surface area contributed by atoms with Crippen LogP contribution in [-0.4, -0.2) is 9.78 Å². The largest absolute Gasteiger partial charge is 0.486 e. The number of nitrogens with zero attached hydrogens (tertiary/aromatic N) is 2. The molecule has 0 aliphatic carbocycles. The quantitative estimate of drug-likeness (QED) is 0.797. The van der Waals surface area contributed by atoms with E-state index in [-0.39, 0.29) is 0 Å². The first kappa shape index (κ1) is 12.4. The molecule has 0 unspecified atom stereocenters. The molecule has 1 aromatic heterocycles. The van der Waals surface area contributed by atoms with Gasteiger partial charge in [-0.2, -0.15) is 5.10 Å². The van der Waals surface area contributed by atoms with Crippen molar-refractivity contribution in [2.45, 2.75) is 27.0 Å². The highest BCUT2D eigenvalue weighted by atomic mass is 127. The molecule has 1 aromatic carbocycles. The van der Waals surface area contributed by atoms with Crippen LogP contribution in [0.4, 0.5) is 0 Å². The van der Waals surface area contributed by atoms with Crippen molar-refractivity contribution in [3.05, 3.63) is 45.3 Å². The van der Waals surface area contributed by atoms with Gasteiger partial charge in [-0.05, 0) is 54.6 Å². The minimum Gasteiger partial charge on any atom is -0.486 e. The Morgan fingerprint density at radius 2 is 2.12 bits per heavy atom. The molecule has 3 nitrogen and oxygen atoms in total. The van der Waals surface area contributed by atoms with Gasteiger partial charge in [0, 0.05) is 6.54 Å². The lowest BCUT2D eigenvalue weighted by Gasteiger charge is -2.08. The second kappa shape index (κ2) is 5.53. The summed E-state index contributed by atoms with van der Waals surface area (Å²) in [5.41, 5.74) is 2.15. The summed E-state index contributed by atoms with van der Waals surface area (Å²) in [6.45, 7) is 5.53. The summed E-state index contributed by atoms with van der Waals surface area (Å²) in [5.74, 6) is 0.926. The van der Waals surface area contributed by atoms with Gasteiger partial charge in [0.15, 0.2) is 0 Å². The zero-order chi connectivity index (χ0) is 12.3. The molecule has 0 amide bonds. The first-order valence-corrected chi connectivity index (χ1v) is 6.69. The minimum absolute atomic E-state index is 0.564. The smallest absolute Gasteiger partial charge is 0.133 e. The molecule has 0 saturated heterocycles. The average molecular weight is 342 g/mol. The molecule has 0 fully saturated rings. The summed E-state index contributed by atoms with van der Waals surface area (Å²) in [6.07, 6.45) is 0. The van der Waals surface area contributed by atoms with E-state index >= 15 is 0 Å². The molecule has 0 bridgehead atoms. The molecular weight excluding hydrogens is 327 g/mol. The maximum absolute atomic E-state index is 5.81. The number of para-hydroxylation sites is 1. The number of aryl methyl sites for hydroxylation is 2. The van der Waals surface area contributed by atoms with Gasteiger partial charge in [-0.15, -0.1) is 0 Å². The maximum Gasteiger partial charge on any atom is 0.133 e. The Labute approximate surface area is 115 Å². The zero-order valence-corrected chi connectivity index (χ0v) is 12.1. The number of aromatic nitrogens is 2. The third kappa shape index (κ3) is 3.00. The normalized spacial score (nSPS) is 10.5. The maximum atomic E-state index is 5.81. The van der Waals surface area contributed by atoms with E-state index in [1.165, 1.54) is 0 Å². The SMILES string of the molecule is CCn1nc(C)cc1COc1ccccc1I. The number of benzene rings is 1. The van der Waals surface area contributed by atoms with Crippen LogP contribution in [0.1, 0.15) is 18.3 Å². The van der Waals surface area contributed by atoms with Crippen molar-refractivity contribution in [1.29, 1.82) is 0 Å². The molecule has 0 aliphatic heterocycles. The summed E-state index contributed by atoms with van der Waals surface area (Å²) in [5, 5.41) is 4.40. The van der Waals surface area contributed by atoms with Crippen LogP contribution in [0, 0.1) is 10.5 Å². The van der Waals surface area contributed by atoms with Gasteiger partial charge in [0.25, 0.3) is 0 Å². The fraction of sp³-hybridized carbons (Fsp3) is 0.308. The van der Waals surface area contributed by atoms with Crippen LogP contribution in [0.15, 0.2) is 30.3 Å². The van der Waals surface area contributed by atoms with E-state index < -0.39 is 0 Å². The van der Waals surface area contributed by atoms with Gasteiger partial charge in [0.1, 0.15) is 12.4 Å². The number of ether oxygens (including phenoxy) is 1. The van der Waals surface area contributed by atoms with Gasteiger partial charge >= 0.3 is 0 Å². The summed E-state index contributed by atoms with van der Waals surface area (Å²) in [6, 6.07) is 10.1. The summed E-state index contributed by atoms with van der Waals surface area (Å²) >= 11 is 2.28. The lowest BCUT2D eigenvalue weighted by atomic mass is 10.3. The van der Waals surface area contributed by atoms with Crippen molar-refractivity contribution in [2.24, 2.45) is 0 Å². The Balaban J connectivity index is 2.09. The molecular formula is C13H15IN2O. The lowest BCUT2D eigenvalue weighted by Crippen LogP contribution is -2.06. The molecule has 2 aromatic rings. The molecule has 2 rings (SSSR count). The third-order valence-corrected chi connectivity index (χ3v) is 3.39. The topological polar surface area (TPSA) is 27.1 Å². The van der Waals surface area contributed by atoms with Crippen LogP contribution in [0.3, 0.4) is 0 Å². The van der Waals surface area contributed by atoms with Gasteiger partial charge in [-0.25, -0.2) is 0 Å². The van der Waals surface area contributed by atoms with Crippen molar-refractivity contribution in [2.75, 3.05) is 0 Å². The highest BCUT2D eigenvalue weighted by Gasteiger charge is 2.06. The van der Waals surface area contributed by atoms with E-state index in [4.69, 9.17) is 4.74 Å². The molecule has 0 atom stereocenters. The van der Waals surface area contributed by atoms with Crippen molar-refractivity contribution in [3.63, 3.8) is 0 Å². The van der Waals surface area contributed by atoms with E-state index in [0.29, 0.717) is 6.61 Å². The summed E-state index contributed by atoms with van der Waals surface area (Å²) < 4.78 is 8.92. The molecule has 0 aliphatic rings. The van der Waals surface area contributed by atoms with E-state index in [1.54, 1.807) is 0 Å². The van der Waals surface area contributed by atoms with E-state index in [0.717, 1.165) is 27.3 Å². The van der Waals surface area contributed by atoms with Gasteiger partial charge in [-0.1, -0.05) is 12.1 Å². The van der Waals surface area contributed by atoms with Crippen molar-refractivity contribution in [3.8, 4) is 5.75 Å². The van der Waals surface area contributed by atoms with Crippen molar-refractivity contribution in [1.82, 2.24) is 9.78 Å². The molecule has 0 N–H and O–H groups in total. The molecule has 90 valence electrons. The Bertz CT molecular complexity index is 508. The van der Waals surface area contributed by atoms with Crippen LogP contribution in [0.5, 0.6) is 5.75 Å². The Morgan fingerprint density at radius 3 is 2.82 bits per heavy atom. The lowest BCUT2D eigenvalue weighted by molar-refractivity contribution is 0.290. The number of halogens is 1. The van der Waals surface area contributed by atoms with E-state index in [2.05, 4.69) is 40.7 Å². The average Bonchev–Trinajstić information content (AvgIpc) is 2.69. The zero-order valence-electron chi connectivity index (χ0n) is 9.98. The van der Waals surface area contributed by atoms with Crippen molar-refractivity contribution < 1.29 is 4.74 Å². The van der Waals surface area contributed by atoms with Crippen LogP contribution >= 0.6 is 22.6 Å².